The zero-order valence-electron chi connectivity index (χ0n) is 12.7. The summed E-state index contributed by atoms with van der Waals surface area (Å²) in [5.41, 5.74) is 6.65. The van der Waals surface area contributed by atoms with Crippen molar-refractivity contribution in [1.29, 1.82) is 0 Å². The number of fused-ring (bicyclic) bond motifs is 1. The molecule has 0 aliphatic carbocycles. The summed E-state index contributed by atoms with van der Waals surface area (Å²) in [6.07, 6.45) is 3.28. The minimum absolute atomic E-state index is 0.0625. The fourth-order valence-corrected chi connectivity index (χ4v) is 2.14. The fourth-order valence-electron chi connectivity index (χ4n) is 2.14. The van der Waals surface area contributed by atoms with Crippen molar-refractivity contribution in [3.8, 4) is 0 Å². The van der Waals surface area contributed by atoms with E-state index in [1.807, 2.05) is 18.2 Å². The van der Waals surface area contributed by atoms with Crippen LogP contribution in [0, 0.1) is 0 Å². The van der Waals surface area contributed by atoms with Gasteiger partial charge in [0.25, 0.3) is 0 Å². The minimum atomic E-state index is -0.305. The molecule has 2 heterocycles. The van der Waals surface area contributed by atoms with Gasteiger partial charge in [0.2, 0.25) is 11.8 Å². The van der Waals surface area contributed by atoms with Crippen molar-refractivity contribution >= 4 is 34.4 Å². The maximum atomic E-state index is 11.8. The number of H-pyrrole nitrogens is 1. The third-order valence-corrected chi connectivity index (χ3v) is 3.31. The highest BCUT2D eigenvalue weighted by atomic mass is 16.2. The monoisotopic (exact) mass is 324 g/mol. The van der Waals surface area contributed by atoms with Crippen LogP contribution in [0.3, 0.4) is 0 Å². The number of aromatic amines is 1. The van der Waals surface area contributed by atoms with E-state index in [0.29, 0.717) is 17.2 Å². The molecule has 0 aliphatic heterocycles. The first-order chi connectivity index (χ1) is 11.7. The van der Waals surface area contributed by atoms with Gasteiger partial charge in [-0.1, -0.05) is 18.2 Å². The number of nitrogens with one attached hydrogen (secondary N) is 4. The van der Waals surface area contributed by atoms with E-state index in [2.05, 4.69) is 31.1 Å². The molecule has 2 amide bonds. The van der Waals surface area contributed by atoms with Gasteiger partial charge in [-0.2, -0.15) is 0 Å². The third kappa shape index (κ3) is 3.86. The van der Waals surface area contributed by atoms with Gasteiger partial charge in [-0.05, 0) is 18.2 Å². The van der Waals surface area contributed by atoms with Gasteiger partial charge in [0.15, 0.2) is 5.82 Å². The number of hydrazine groups is 1. The standard InChI is InChI=1S/C16H16N6O2/c23-13(20-11-4-2-1-3-5-11)6-7-14(24)21-22-16-12-8-9-17-15(12)18-10-19-16/h1-5,8-10H,6-7H2,(H,20,23)(H,21,24)(H2,17,18,19,22). The fraction of sp³-hybridized carbons (Fsp3) is 0.125. The van der Waals surface area contributed by atoms with E-state index >= 15 is 0 Å². The lowest BCUT2D eigenvalue weighted by atomic mass is 10.2. The van der Waals surface area contributed by atoms with E-state index in [1.54, 1.807) is 24.4 Å². The summed E-state index contributed by atoms with van der Waals surface area (Å²) in [6, 6.07) is 10.9. The van der Waals surface area contributed by atoms with E-state index in [4.69, 9.17) is 0 Å². The van der Waals surface area contributed by atoms with Crippen molar-refractivity contribution < 1.29 is 9.59 Å². The van der Waals surface area contributed by atoms with Gasteiger partial charge >= 0.3 is 0 Å². The van der Waals surface area contributed by atoms with Crippen molar-refractivity contribution in [3.05, 3.63) is 48.9 Å². The highest BCUT2D eigenvalue weighted by molar-refractivity contribution is 5.93. The molecule has 0 saturated carbocycles. The molecule has 0 atom stereocenters. The van der Waals surface area contributed by atoms with E-state index in [9.17, 15) is 9.59 Å². The van der Waals surface area contributed by atoms with Crippen molar-refractivity contribution in [2.24, 2.45) is 0 Å². The van der Waals surface area contributed by atoms with Crippen LogP contribution in [0.25, 0.3) is 11.0 Å². The number of amides is 2. The predicted octanol–water partition coefficient (Wildman–Crippen LogP) is 1.82. The van der Waals surface area contributed by atoms with E-state index in [1.165, 1.54) is 6.33 Å². The quantitative estimate of drug-likeness (QED) is 0.517. The van der Waals surface area contributed by atoms with Gasteiger partial charge in [0.05, 0.1) is 5.39 Å². The minimum Gasteiger partial charge on any atom is -0.346 e. The molecular weight excluding hydrogens is 308 g/mol. The number of hydrogen-bond donors (Lipinski definition) is 4. The zero-order valence-corrected chi connectivity index (χ0v) is 12.7. The Morgan fingerprint density at radius 2 is 1.79 bits per heavy atom. The Balaban J connectivity index is 1.46. The normalized spacial score (nSPS) is 10.3. The number of carbonyl (C=O) groups is 2. The van der Waals surface area contributed by atoms with Gasteiger partial charge in [-0.3, -0.25) is 20.4 Å². The maximum Gasteiger partial charge on any atom is 0.238 e. The molecule has 122 valence electrons. The summed E-state index contributed by atoms with van der Waals surface area (Å²) in [4.78, 5) is 34.7. The smallest absolute Gasteiger partial charge is 0.238 e. The lowest BCUT2D eigenvalue weighted by Gasteiger charge is -2.08. The Labute approximate surface area is 137 Å². The Morgan fingerprint density at radius 1 is 1.00 bits per heavy atom. The van der Waals surface area contributed by atoms with Crippen LogP contribution in [0.15, 0.2) is 48.9 Å². The number of anilines is 2. The topological polar surface area (TPSA) is 112 Å². The predicted molar refractivity (Wildman–Crippen MR) is 90.0 cm³/mol. The summed E-state index contributed by atoms with van der Waals surface area (Å²) in [6.45, 7) is 0. The molecule has 1 aromatic carbocycles. The van der Waals surface area contributed by atoms with Crippen LogP contribution in [-0.2, 0) is 9.59 Å². The molecule has 0 aliphatic rings. The molecule has 0 radical (unpaired) electrons. The summed E-state index contributed by atoms with van der Waals surface area (Å²) in [5, 5.41) is 3.49. The van der Waals surface area contributed by atoms with Crippen LogP contribution >= 0.6 is 0 Å². The Hall–Kier alpha value is -3.42. The Morgan fingerprint density at radius 3 is 2.62 bits per heavy atom. The molecule has 0 saturated heterocycles. The van der Waals surface area contributed by atoms with Gasteiger partial charge in [0.1, 0.15) is 12.0 Å². The molecule has 8 nitrogen and oxygen atoms in total. The molecular formula is C16H16N6O2. The highest BCUT2D eigenvalue weighted by Gasteiger charge is 2.09. The van der Waals surface area contributed by atoms with Crippen LogP contribution in [0.4, 0.5) is 11.5 Å². The first-order valence-electron chi connectivity index (χ1n) is 7.40. The number of carbonyl (C=O) groups excluding carboxylic acids is 2. The Kier molecular flexibility index (Phi) is 4.66. The van der Waals surface area contributed by atoms with Crippen molar-refractivity contribution in [2.45, 2.75) is 12.8 Å². The van der Waals surface area contributed by atoms with Gasteiger partial charge in [-0.15, -0.1) is 0 Å². The van der Waals surface area contributed by atoms with Crippen LogP contribution in [0.5, 0.6) is 0 Å². The summed E-state index contributed by atoms with van der Waals surface area (Å²) >= 11 is 0. The molecule has 8 heteroatoms. The van der Waals surface area contributed by atoms with Crippen molar-refractivity contribution in [1.82, 2.24) is 20.4 Å². The molecule has 24 heavy (non-hydrogen) atoms. The van der Waals surface area contributed by atoms with E-state index in [0.717, 1.165) is 5.39 Å². The second-order valence-corrected chi connectivity index (χ2v) is 5.05. The highest BCUT2D eigenvalue weighted by Crippen LogP contribution is 2.16. The zero-order chi connectivity index (χ0) is 16.8. The lowest BCUT2D eigenvalue weighted by Crippen LogP contribution is -2.30. The lowest BCUT2D eigenvalue weighted by molar-refractivity contribution is -0.124. The second-order valence-electron chi connectivity index (χ2n) is 5.05. The summed E-state index contributed by atoms with van der Waals surface area (Å²) < 4.78 is 0. The van der Waals surface area contributed by atoms with Crippen LogP contribution < -0.4 is 16.2 Å². The second kappa shape index (κ2) is 7.23. The van der Waals surface area contributed by atoms with Gasteiger partial charge in [-0.25, -0.2) is 9.97 Å². The number of nitrogens with zero attached hydrogens (tertiary/aromatic N) is 2. The first-order valence-corrected chi connectivity index (χ1v) is 7.40. The first kappa shape index (κ1) is 15.5. The number of benzene rings is 1. The van der Waals surface area contributed by atoms with E-state index in [-0.39, 0.29) is 24.7 Å². The van der Waals surface area contributed by atoms with Crippen molar-refractivity contribution in [2.75, 3.05) is 10.7 Å². The SMILES string of the molecule is O=C(CCC(=O)Nc1ccccc1)NNc1ncnc2[nH]ccc12. The largest absolute Gasteiger partial charge is 0.346 e. The molecule has 0 bridgehead atoms. The average molecular weight is 324 g/mol. The molecule has 3 aromatic rings. The molecule has 0 spiro atoms. The van der Waals surface area contributed by atoms with Crippen LogP contribution in [-0.4, -0.2) is 26.8 Å². The molecule has 2 aromatic heterocycles. The molecule has 3 rings (SSSR count). The van der Waals surface area contributed by atoms with Gasteiger partial charge in [0, 0.05) is 24.7 Å². The number of aromatic nitrogens is 3. The number of hydrogen-bond acceptors (Lipinski definition) is 5. The molecule has 0 fully saturated rings. The number of para-hydroxylation sites is 1. The van der Waals surface area contributed by atoms with Crippen molar-refractivity contribution in [3.63, 3.8) is 0 Å². The summed E-state index contributed by atoms with van der Waals surface area (Å²) in [5.74, 6) is -0.0322. The van der Waals surface area contributed by atoms with Gasteiger partial charge < -0.3 is 10.3 Å². The van der Waals surface area contributed by atoms with E-state index < -0.39 is 0 Å². The average Bonchev–Trinajstić information content (AvgIpc) is 3.08. The number of rotatable bonds is 6. The molecule has 4 N–H and O–H groups in total. The summed E-state index contributed by atoms with van der Waals surface area (Å²) in [7, 11) is 0. The maximum absolute atomic E-state index is 11.8. The van der Waals surface area contributed by atoms with Crippen LogP contribution in [0.1, 0.15) is 12.8 Å². The third-order valence-electron chi connectivity index (χ3n) is 3.31. The molecule has 0 unspecified atom stereocenters. The Bertz CT molecular complexity index is 846. The van der Waals surface area contributed by atoms with Crippen LogP contribution in [0.2, 0.25) is 0 Å².